The van der Waals surface area contributed by atoms with Gasteiger partial charge in [0.2, 0.25) is 0 Å². The topological polar surface area (TPSA) is 75.7 Å². The molecule has 21 heavy (non-hydrogen) atoms. The number of urea groups is 1. The normalized spacial score (nSPS) is 15.8. The molecule has 0 aliphatic carbocycles. The molecule has 1 fully saturated rings. The molecule has 1 aliphatic rings. The number of nitrogens with zero attached hydrogens (tertiary/aromatic N) is 1. The van der Waals surface area contributed by atoms with E-state index in [-0.39, 0.29) is 23.2 Å². The molecular formula is C13H17ClN2O4S. The molecule has 0 unspecified atom stereocenters. The maximum absolute atomic E-state index is 12.1. The number of rotatable bonds is 4. The van der Waals surface area contributed by atoms with E-state index in [0.29, 0.717) is 31.3 Å². The summed E-state index contributed by atoms with van der Waals surface area (Å²) >= 11 is 5.73. The number of benzene rings is 1. The SMILES string of the molecule is O=C(NCCS(=O)(=O)c1ccc(Cl)cc1)N1CCOCC1. The highest BCUT2D eigenvalue weighted by Gasteiger charge is 2.18. The fourth-order valence-electron chi connectivity index (χ4n) is 1.93. The fraction of sp³-hybridized carbons (Fsp3) is 0.462. The highest BCUT2D eigenvalue weighted by atomic mass is 35.5. The van der Waals surface area contributed by atoms with Crippen LogP contribution in [0.15, 0.2) is 29.2 Å². The zero-order chi connectivity index (χ0) is 15.3. The zero-order valence-corrected chi connectivity index (χ0v) is 13.0. The summed E-state index contributed by atoms with van der Waals surface area (Å²) in [5.74, 6) is -0.148. The van der Waals surface area contributed by atoms with Crippen LogP contribution in [0.2, 0.25) is 5.02 Å². The van der Waals surface area contributed by atoms with Crippen molar-refractivity contribution in [2.75, 3.05) is 38.6 Å². The third-order valence-electron chi connectivity index (χ3n) is 3.12. The summed E-state index contributed by atoms with van der Waals surface area (Å²) in [5.41, 5.74) is 0. The number of hydrogen-bond donors (Lipinski definition) is 1. The lowest BCUT2D eigenvalue weighted by molar-refractivity contribution is 0.0533. The van der Waals surface area contributed by atoms with Gasteiger partial charge in [0.25, 0.3) is 0 Å². The van der Waals surface area contributed by atoms with Gasteiger partial charge in [-0.2, -0.15) is 0 Å². The Morgan fingerprint density at radius 3 is 2.48 bits per heavy atom. The summed E-state index contributed by atoms with van der Waals surface area (Å²) in [4.78, 5) is 13.6. The molecular weight excluding hydrogens is 316 g/mol. The van der Waals surface area contributed by atoms with E-state index >= 15 is 0 Å². The Hall–Kier alpha value is -1.31. The standard InChI is InChI=1S/C13H17ClN2O4S/c14-11-1-3-12(4-2-11)21(18,19)10-5-15-13(17)16-6-8-20-9-7-16/h1-4H,5-10H2,(H,15,17). The fourth-order valence-corrected chi connectivity index (χ4v) is 3.21. The van der Waals surface area contributed by atoms with Crippen LogP contribution in [-0.4, -0.2) is 57.9 Å². The van der Waals surface area contributed by atoms with Gasteiger partial charge in [0, 0.05) is 24.7 Å². The number of hydrogen-bond acceptors (Lipinski definition) is 4. The van der Waals surface area contributed by atoms with E-state index in [9.17, 15) is 13.2 Å². The minimum Gasteiger partial charge on any atom is -0.378 e. The van der Waals surface area contributed by atoms with E-state index in [0.717, 1.165) is 0 Å². The number of sulfone groups is 1. The number of amides is 2. The molecule has 1 aromatic rings. The van der Waals surface area contributed by atoms with Gasteiger partial charge in [-0.3, -0.25) is 0 Å². The summed E-state index contributed by atoms with van der Waals surface area (Å²) in [6.07, 6.45) is 0. The van der Waals surface area contributed by atoms with Gasteiger partial charge in [-0.1, -0.05) is 11.6 Å². The highest BCUT2D eigenvalue weighted by Crippen LogP contribution is 2.15. The van der Waals surface area contributed by atoms with Gasteiger partial charge in [-0.15, -0.1) is 0 Å². The monoisotopic (exact) mass is 332 g/mol. The molecule has 1 aromatic carbocycles. The molecule has 0 spiro atoms. The maximum atomic E-state index is 12.1. The first-order chi connectivity index (χ1) is 9.99. The Morgan fingerprint density at radius 2 is 1.86 bits per heavy atom. The van der Waals surface area contributed by atoms with Crippen molar-refractivity contribution in [1.82, 2.24) is 10.2 Å². The number of carbonyl (C=O) groups is 1. The van der Waals surface area contributed by atoms with Gasteiger partial charge < -0.3 is 15.0 Å². The van der Waals surface area contributed by atoms with Crippen LogP contribution in [0.1, 0.15) is 0 Å². The Bertz CT molecular complexity index is 583. The van der Waals surface area contributed by atoms with Crippen LogP contribution in [0.4, 0.5) is 4.79 Å². The first kappa shape index (κ1) is 16.1. The quantitative estimate of drug-likeness (QED) is 0.897. The molecule has 6 nitrogen and oxygen atoms in total. The molecule has 1 aliphatic heterocycles. The number of halogens is 1. The van der Waals surface area contributed by atoms with Gasteiger partial charge in [0.1, 0.15) is 0 Å². The molecule has 0 radical (unpaired) electrons. The second kappa shape index (κ2) is 7.11. The largest absolute Gasteiger partial charge is 0.378 e. The van der Waals surface area contributed by atoms with Gasteiger partial charge in [0.15, 0.2) is 9.84 Å². The van der Waals surface area contributed by atoms with Crippen molar-refractivity contribution < 1.29 is 17.9 Å². The Labute approximate surface area is 128 Å². The molecule has 2 rings (SSSR count). The second-order valence-corrected chi connectivity index (χ2v) is 7.15. The lowest BCUT2D eigenvalue weighted by Crippen LogP contribution is -2.47. The Kier molecular flexibility index (Phi) is 5.44. The van der Waals surface area contributed by atoms with E-state index in [1.54, 1.807) is 4.90 Å². The van der Waals surface area contributed by atoms with Crippen LogP contribution in [0.5, 0.6) is 0 Å². The molecule has 8 heteroatoms. The molecule has 0 saturated carbocycles. The van der Waals surface area contributed by atoms with Crippen molar-refractivity contribution in [3.8, 4) is 0 Å². The number of carbonyl (C=O) groups excluding carboxylic acids is 1. The van der Waals surface area contributed by atoms with Crippen LogP contribution in [0.25, 0.3) is 0 Å². The lowest BCUT2D eigenvalue weighted by Gasteiger charge is -2.26. The van der Waals surface area contributed by atoms with Crippen LogP contribution in [0, 0.1) is 0 Å². The molecule has 1 saturated heterocycles. The van der Waals surface area contributed by atoms with Crippen LogP contribution in [0.3, 0.4) is 0 Å². The maximum Gasteiger partial charge on any atom is 0.317 e. The summed E-state index contributed by atoms with van der Waals surface area (Å²) in [5, 5.41) is 3.10. The average Bonchev–Trinajstić information content (AvgIpc) is 2.48. The molecule has 1 N–H and O–H groups in total. The van der Waals surface area contributed by atoms with E-state index in [1.165, 1.54) is 24.3 Å². The van der Waals surface area contributed by atoms with Crippen molar-refractivity contribution in [3.63, 3.8) is 0 Å². The van der Waals surface area contributed by atoms with E-state index < -0.39 is 9.84 Å². The lowest BCUT2D eigenvalue weighted by atomic mass is 10.4. The van der Waals surface area contributed by atoms with Crippen molar-refractivity contribution in [2.24, 2.45) is 0 Å². The Balaban J connectivity index is 1.84. The smallest absolute Gasteiger partial charge is 0.317 e. The van der Waals surface area contributed by atoms with Crippen LogP contribution in [-0.2, 0) is 14.6 Å². The van der Waals surface area contributed by atoms with Crippen molar-refractivity contribution in [2.45, 2.75) is 4.90 Å². The first-order valence-corrected chi connectivity index (χ1v) is 8.61. The van der Waals surface area contributed by atoms with Gasteiger partial charge in [-0.25, -0.2) is 13.2 Å². The van der Waals surface area contributed by atoms with E-state index in [1.807, 2.05) is 0 Å². The average molecular weight is 333 g/mol. The summed E-state index contributed by atoms with van der Waals surface area (Å²) < 4.78 is 29.3. The molecule has 116 valence electrons. The molecule has 2 amide bonds. The second-order valence-electron chi connectivity index (χ2n) is 4.60. The van der Waals surface area contributed by atoms with Crippen LogP contribution >= 0.6 is 11.6 Å². The Morgan fingerprint density at radius 1 is 1.24 bits per heavy atom. The van der Waals surface area contributed by atoms with Gasteiger partial charge >= 0.3 is 6.03 Å². The number of morpholine rings is 1. The number of ether oxygens (including phenoxy) is 1. The third-order valence-corrected chi connectivity index (χ3v) is 5.10. The van der Waals surface area contributed by atoms with Crippen molar-refractivity contribution >= 4 is 27.5 Å². The third kappa shape index (κ3) is 4.59. The van der Waals surface area contributed by atoms with Crippen molar-refractivity contribution in [3.05, 3.63) is 29.3 Å². The van der Waals surface area contributed by atoms with Gasteiger partial charge in [0.05, 0.1) is 23.9 Å². The minimum absolute atomic E-state index is 0.0706. The first-order valence-electron chi connectivity index (χ1n) is 6.58. The molecule has 0 aromatic heterocycles. The summed E-state index contributed by atoms with van der Waals surface area (Å²) in [6, 6.07) is 5.72. The van der Waals surface area contributed by atoms with E-state index in [2.05, 4.69) is 5.32 Å². The predicted octanol–water partition coefficient (Wildman–Crippen LogP) is 1.16. The van der Waals surface area contributed by atoms with Crippen molar-refractivity contribution in [1.29, 1.82) is 0 Å². The number of nitrogens with one attached hydrogen (secondary N) is 1. The highest BCUT2D eigenvalue weighted by molar-refractivity contribution is 7.91. The van der Waals surface area contributed by atoms with Gasteiger partial charge in [-0.05, 0) is 24.3 Å². The molecule has 0 bridgehead atoms. The zero-order valence-electron chi connectivity index (χ0n) is 11.4. The van der Waals surface area contributed by atoms with E-state index in [4.69, 9.17) is 16.3 Å². The minimum atomic E-state index is -3.42. The summed E-state index contributed by atoms with van der Waals surface area (Å²) in [6.45, 7) is 2.14. The summed E-state index contributed by atoms with van der Waals surface area (Å²) in [7, 11) is -3.42. The predicted molar refractivity (Wildman–Crippen MR) is 79.3 cm³/mol. The molecule has 1 heterocycles. The van der Waals surface area contributed by atoms with Crippen LogP contribution < -0.4 is 5.32 Å². The molecule has 0 atom stereocenters.